The van der Waals surface area contributed by atoms with Gasteiger partial charge in [0.05, 0.1) is 16.8 Å². The molecule has 1 saturated carbocycles. The highest BCUT2D eigenvalue weighted by Crippen LogP contribution is 2.39. The van der Waals surface area contributed by atoms with Crippen LogP contribution < -0.4 is 0 Å². The summed E-state index contributed by atoms with van der Waals surface area (Å²) in [5.74, 6) is -0.490. The summed E-state index contributed by atoms with van der Waals surface area (Å²) in [6.07, 6.45) is 3.91. The molecule has 2 aromatic carbocycles. The van der Waals surface area contributed by atoms with Crippen LogP contribution in [0.15, 0.2) is 72.3 Å². The minimum atomic E-state index is -0.245. The first-order valence-electron chi connectivity index (χ1n) is 8.63. The van der Waals surface area contributed by atoms with E-state index in [9.17, 15) is 9.59 Å². The van der Waals surface area contributed by atoms with E-state index >= 15 is 0 Å². The molecule has 0 atom stereocenters. The molecule has 2 aliphatic rings. The monoisotopic (exact) mass is 329 g/mol. The highest BCUT2D eigenvalue weighted by Gasteiger charge is 2.39. The number of carbonyl (C=O) groups is 2. The number of fused-ring (bicyclic) bond motifs is 1. The molecule has 3 heteroatoms. The van der Waals surface area contributed by atoms with Crippen LogP contribution in [0.5, 0.6) is 0 Å². The number of hydrogen-bond donors (Lipinski definition) is 0. The van der Waals surface area contributed by atoms with Gasteiger partial charge in [-0.05, 0) is 54.5 Å². The SMILES string of the molecule is C=C1CCCC/C1=C(/c1ccccc1)N1C(=O)c2ccccc2C1=O. The molecule has 0 bridgehead atoms. The van der Waals surface area contributed by atoms with Gasteiger partial charge in [-0.2, -0.15) is 0 Å². The van der Waals surface area contributed by atoms with Gasteiger partial charge in [-0.1, -0.05) is 49.0 Å². The third-order valence-electron chi connectivity index (χ3n) is 4.93. The maximum absolute atomic E-state index is 13.0. The molecule has 1 aliphatic heterocycles. The van der Waals surface area contributed by atoms with Gasteiger partial charge in [-0.25, -0.2) is 4.90 Å². The van der Waals surface area contributed by atoms with Gasteiger partial charge in [0.2, 0.25) is 0 Å². The number of rotatable bonds is 2. The van der Waals surface area contributed by atoms with Gasteiger partial charge in [0.15, 0.2) is 0 Å². The third kappa shape index (κ3) is 2.52. The Morgan fingerprint density at radius 3 is 1.96 bits per heavy atom. The van der Waals surface area contributed by atoms with Gasteiger partial charge in [-0.3, -0.25) is 9.59 Å². The molecular formula is C22H19NO2. The van der Waals surface area contributed by atoms with E-state index < -0.39 is 0 Å². The van der Waals surface area contributed by atoms with Crippen LogP contribution in [0.2, 0.25) is 0 Å². The zero-order chi connectivity index (χ0) is 17.4. The standard InChI is InChI=1S/C22H19NO2/c1-15-9-5-6-12-17(15)20(16-10-3-2-4-11-16)23-21(24)18-13-7-8-14-19(18)22(23)25/h2-4,7-8,10-11,13-14H,1,5-6,9,12H2/b20-17+. The van der Waals surface area contributed by atoms with Crippen molar-refractivity contribution in [2.24, 2.45) is 0 Å². The molecule has 25 heavy (non-hydrogen) atoms. The normalized spacial score (nSPS) is 19.2. The molecular weight excluding hydrogens is 310 g/mol. The van der Waals surface area contributed by atoms with Gasteiger partial charge in [0.25, 0.3) is 11.8 Å². The highest BCUT2D eigenvalue weighted by molar-refractivity contribution is 6.25. The first-order valence-corrected chi connectivity index (χ1v) is 8.63. The van der Waals surface area contributed by atoms with Crippen LogP contribution >= 0.6 is 0 Å². The molecule has 1 aliphatic carbocycles. The van der Waals surface area contributed by atoms with Crippen LogP contribution in [0.1, 0.15) is 52.0 Å². The van der Waals surface area contributed by atoms with E-state index in [-0.39, 0.29) is 11.8 Å². The van der Waals surface area contributed by atoms with Crippen molar-refractivity contribution in [3.8, 4) is 0 Å². The number of benzene rings is 2. The van der Waals surface area contributed by atoms with Gasteiger partial charge < -0.3 is 0 Å². The highest BCUT2D eigenvalue weighted by atomic mass is 16.2. The molecule has 2 amide bonds. The Bertz CT molecular complexity index is 874. The lowest BCUT2D eigenvalue weighted by molar-refractivity contribution is 0.0734. The smallest absolute Gasteiger partial charge is 0.266 e. The Balaban J connectivity index is 1.92. The zero-order valence-electron chi connectivity index (χ0n) is 14.0. The van der Waals surface area contributed by atoms with Crippen molar-refractivity contribution in [3.05, 3.63) is 89.0 Å². The summed E-state index contributed by atoms with van der Waals surface area (Å²) in [4.78, 5) is 27.4. The average Bonchev–Trinajstić information content (AvgIpc) is 2.90. The lowest BCUT2D eigenvalue weighted by Gasteiger charge is -2.26. The minimum absolute atomic E-state index is 0.245. The van der Waals surface area contributed by atoms with E-state index in [2.05, 4.69) is 6.58 Å². The lowest BCUT2D eigenvalue weighted by Crippen LogP contribution is -2.29. The molecule has 3 nitrogen and oxygen atoms in total. The number of imide groups is 1. The number of nitrogens with zero attached hydrogens (tertiary/aromatic N) is 1. The summed E-state index contributed by atoms with van der Waals surface area (Å²) < 4.78 is 0. The first-order chi connectivity index (χ1) is 12.2. The fourth-order valence-corrected chi connectivity index (χ4v) is 3.68. The maximum atomic E-state index is 13.0. The van der Waals surface area contributed by atoms with Crippen molar-refractivity contribution in [2.75, 3.05) is 0 Å². The van der Waals surface area contributed by atoms with E-state index in [4.69, 9.17) is 0 Å². The molecule has 124 valence electrons. The molecule has 0 radical (unpaired) electrons. The fraction of sp³-hybridized carbons (Fsp3) is 0.182. The van der Waals surface area contributed by atoms with Gasteiger partial charge in [-0.15, -0.1) is 0 Å². The Kier molecular flexibility index (Phi) is 3.85. The summed E-state index contributed by atoms with van der Waals surface area (Å²) in [6.45, 7) is 4.21. The summed E-state index contributed by atoms with van der Waals surface area (Å²) in [6, 6.07) is 16.7. The third-order valence-corrected chi connectivity index (χ3v) is 4.93. The van der Waals surface area contributed by atoms with Crippen molar-refractivity contribution in [3.63, 3.8) is 0 Å². The van der Waals surface area contributed by atoms with Gasteiger partial charge in [0.1, 0.15) is 0 Å². The van der Waals surface area contributed by atoms with Crippen LogP contribution in [-0.2, 0) is 0 Å². The van der Waals surface area contributed by atoms with E-state index in [1.165, 1.54) is 4.90 Å². The summed E-state index contributed by atoms with van der Waals surface area (Å²) in [5, 5.41) is 0. The van der Waals surface area contributed by atoms with Crippen LogP contribution in [0.4, 0.5) is 0 Å². The van der Waals surface area contributed by atoms with Crippen LogP contribution in [-0.4, -0.2) is 16.7 Å². The Labute approximate surface area is 147 Å². The molecule has 0 aromatic heterocycles. The second kappa shape index (κ2) is 6.17. The second-order valence-electron chi connectivity index (χ2n) is 6.50. The van der Waals surface area contributed by atoms with Gasteiger partial charge >= 0.3 is 0 Å². The lowest BCUT2D eigenvalue weighted by atomic mass is 9.87. The zero-order valence-corrected chi connectivity index (χ0v) is 14.0. The summed E-state index contributed by atoms with van der Waals surface area (Å²) >= 11 is 0. The fourth-order valence-electron chi connectivity index (χ4n) is 3.68. The number of carbonyl (C=O) groups excluding carboxylic acids is 2. The van der Waals surface area contributed by atoms with Crippen molar-refractivity contribution in [1.82, 2.24) is 4.90 Å². The van der Waals surface area contributed by atoms with Crippen molar-refractivity contribution >= 4 is 17.5 Å². The van der Waals surface area contributed by atoms with E-state index in [1.807, 2.05) is 30.3 Å². The molecule has 0 saturated heterocycles. The van der Waals surface area contributed by atoms with Crippen LogP contribution in [0.3, 0.4) is 0 Å². The summed E-state index contributed by atoms with van der Waals surface area (Å²) in [7, 11) is 0. The second-order valence-corrected chi connectivity index (χ2v) is 6.50. The number of allylic oxidation sites excluding steroid dienone is 2. The van der Waals surface area contributed by atoms with Crippen molar-refractivity contribution in [1.29, 1.82) is 0 Å². The van der Waals surface area contributed by atoms with Crippen molar-refractivity contribution < 1.29 is 9.59 Å². The summed E-state index contributed by atoms with van der Waals surface area (Å²) in [5.41, 5.74) is 4.60. The minimum Gasteiger partial charge on any atom is -0.268 e. The molecule has 0 unspecified atom stereocenters. The average molecular weight is 329 g/mol. The first kappa shape index (κ1) is 15.6. The van der Waals surface area contributed by atoms with E-state index in [1.54, 1.807) is 24.3 Å². The van der Waals surface area contributed by atoms with E-state index in [0.717, 1.165) is 42.4 Å². The topological polar surface area (TPSA) is 37.4 Å². The predicted molar refractivity (Wildman–Crippen MR) is 97.9 cm³/mol. The quantitative estimate of drug-likeness (QED) is 0.741. The molecule has 2 aromatic rings. The van der Waals surface area contributed by atoms with Crippen molar-refractivity contribution in [2.45, 2.75) is 25.7 Å². The molecule has 1 heterocycles. The maximum Gasteiger partial charge on any atom is 0.266 e. The molecule has 1 fully saturated rings. The van der Waals surface area contributed by atoms with Gasteiger partial charge in [0, 0.05) is 0 Å². The number of amides is 2. The Hall–Kier alpha value is -2.94. The van der Waals surface area contributed by atoms with Crippen LogP contribution in [0, 0.1) is 0 Å². The molecule has 4 rings (SSSR count). The predicted octanol–water partition coefficient (Wildman–Crippen LogP) is 4.82. The molecule has 0 spiro atoms. The van der Waals surface area contributed by atoms with Crippen LogP contribution in [0.25, 0.3) is 5.70 Å². The largest absolute Gasteiger partial charge is 0.268 e. The van der Waals surface area contributed by atoms with E-state index in [0.29, 0.717) is 16.8 Å². The molecule has 0 N–H and O–H groups in total. The number of hydrogen-bond acceptors (Lipinski definition) is 2. The Morgan fingerprint density at radius 2 is 1.36 bits per heavy atom. The Morgan fingerprint density at radius 1 is 0.800 bits per heavy atom.